The van der Waals surface area contributed by atoms with Crippen molar-refractivity contribution >= 4 is 12.6 Å². The van der Waals surface area contributed by atoms with Crippen molar-refractivity contribution in [2.75, 3.05) is 13.3 Å². The van der Waals surface area contributed by atoms with E-state index in [9.17, 15) is 22.6 Å². The molecular weight excluding hydrogens is 239 g/mol. The highest BCUT2D eigenvalue weighted by Gasteiger charge is 2.30. The molecule has 0 saturated carbocycles. The maximum Gasteiger partial charge on any atom is 0.491 e. The van der Waals surface area contributed by atoms with E-state index in [1.54, 1.807) is 0 Å². The number of halogens is 4. The van der Waals surface area contributed by atoms with E-state index in [2.05, 4.69) is 0 Å². The monoisotopic (exact) mass is 250 g/mol. The standard InChI is InChI=1S/C10H11BF4O2/c12-6-1-7-17-11(16)9-4-2-8(3-5-9)10(13,14)15/h2-5,16H,1,6-7H2. The molecule has 0 unspecified atom stereocenters. The Morgan fingerprint density at radius 3 is 2.24 bits per heavy atom. The van der Waals surface area contributed by atoms with Gasteiger partial charge in [0.2, 0.25) is 0 Å². The summed E-state index contributed by atoms with van der Waals surface area (Å²) >= 11 is 0. The SMILES string of the molecule is OB(OCCCF)c1ccc(C(F)(F)F)cc1. The highest BCUT2D eigenvalue weighted by atomic mass is 19.4. The number of hydrogen-bond acceptors (Lipinski definition) is 2. The Bertz CT molecular complexity index is 339. The molecule has 0 bridgehead atoms. The Hall–Kier alpha value is -1.08. The number of alkyl halides is 4. The lowest BCUT2D eigenvalue weighted by molar-refractivity contribution is -0.137. The van der Waals surface area contributed by atoms with E-state index in [4.69, 9.17) is 4.65 Å². The van der Waals surface area contributed by atoms with Crippen molar-refractivity contribution < 1.29 is 27.2 Å². The zero-order valence-electron chi connectivity index (χ0n) is 8.88. The fraction of sp³-hybridized carbons (Fsp3) is 0.400. The van der Waals surface area contributed by atoms with E-state index in [-0.39, 0.29) is 18.5 Å². The fourth-order valence-electron chi connectivity index (χ4n) is 1.18. The zero-order valence-corrected chi connectivity index (χ0v) is 8.88. The molecule has 2 nitrogen and oxygen atoms in total. The number of benzene rings is 1. The quantitative estimate of drug-likeness (QED) is 0.490. The Labute approximate surface area is 96.4 Å². The molecular formula is C10H11BF4O2. The third kappa shape index (κ3) is 4.36. The van der Waals surface area contributed by atoms with Gasteiger partial charge in [-0.25, -0.2) is 0 Å². The van der Waals surface area contributed by atoms with Gasteiger partial charge in [0, 0.05) is 6.61 Å². The molecule has 94 valence electrons. The summed E-state index contributed by atoms with van der Waals surface area (Å²) < 4.78 is 53.3. The molecule has 1 N–H and O–H groups in total. The van der Waals surface area contributed by atoms with Gasteiger partial charge in [-0.05, 0) is 11.9 Å². The third-order valence-corrected chi connectivity index (χ3v) is 2.08. The molecule has 0 radical (unpaired) electrons. The molecule has 0 heterocycles. The molecule has 0 amide bonds. The Morgan fingerprint density at radius 2 is 1.76 bits per heavy atom. The highest BCUT2D eigenvalue weighted by molar-refractivity contribution is 6.59. The van der Waals surface area contributed by atoms with E-state index >= 15 is 0 Å². The molecule has 1 aromatic carbocycles. The topological polar surface area (TPSA) is 29.5 Å². The van der Waals surface area contributed by atoms with Gasteiger partial charge in [0.25, 0.3) is 0 Å². The van der Waals surface area contributed by atoms with Crippen LogP contribution in [0.1, 0.15) is 12.0 Å². The van der Waals surface area contributed by atoms with Crippen molar-refractivity contribution in [1.82, 2.24) is 0 Å². The molecule has 0 atom stereocenters. The Kier molecular flexibility index (Phi) is 4.95. The van der Waals surface area contributed by atoms with Crippen LogP contribution in [0.15, 0.2) is 24.3 Å². The smallest absolute Gasteiger partial charge is 0.423 e. The van der Waals surface area contributed by atoms with Crippen LogP contribution in [-0.2, 0) is 10.8 Å². The summed E-state index contributed by atoms with van der Waals surface area (Å²) in [7, 11) is -1.33. The molecule has 1 rings (SSSR count). The van der Waals surface area contributed by atoms with Crippen molar-refractivity contribution in [3.05, 3.63) is 29.8 Å². The van der Waals surface area contributed by atoms with Gasteiger partial charge in [-0.15, -0.1) is 0 Å². The fourth-order valence-corrected chi connectivity index (χ4v) is 1.18. The summed E-state index contributed by atoms with van der Waals surface area (Å²) in [6.07, 6.45) is -4.27. The maximum absolute atomic E-state index is 12.2. The van der Waals surface area contributed by atoms with Gasteiger partial charge in [-0.3, -0.25) is 4.39 Å². The lowest BCUT2D eigenvalue weighted by Gasteiger charge is -2.10. The first-order valence-electron chi connectivity index (χ1n) is 4.98. The largest absolute Gasteiger partial charge is 0.491 e. The molecule has 0 fully saturated rings. The van der Waals surface area contributed by atoms with Gasteiger partial charge in [0.1, 0.15) is 0 Å². The second-order valence-corrected chi connectivity index (χ2v) is 3.39. The van der Waals surface area contributed by atoms with Crippen LogP contribution in [0.3, 0.4) is 0 Å². The second kappa shape index (κ2) is 6.02. The predicted octanol–water partition coefficient (Wildman–Crippen LogP) is 1.77. The molecule has 0 aliphatic carbocycles. The van der Waals surface area contributed by atoms with Crippen molar-refractivity contribution in [1.29, 1.82) is 0 Å². The summed E-state index contributed by atoms with van der Waals surface area (Å²) in [5.41, 5.74) is -0.589. The van der Waals surface area contributed by atoms with Crippen LogP contribution < -0.4 is 5.46 Å². The first-order chi connectivity index (χ1) is 7.95. The highest BCUT2D eigenvalue weighted by Crippen LogP contribution is 2.28. The van der Waals surface area contributed by atoms with E-state index in [0.717, 1.165) is 24.3 Å². The minimum atomic E-state index is -4.40. The van der Waals surface area contributed by atoms with Gasteiger partial charge < -0.3 is 9.68 Å². The molecule has 0 aromatic heterocycles. The Morgan fingerprint density at radius 1 is 1.18 bits per heavy atom. The number of hydrogen-bond donors (Lipinski definition) is 1. The van der Waals surface area contributed by atoms with E-state index < -0.39 is 25.5 Å². The van der Waals surface area contributed by atoms with Gasteiger partial charge in [-0.1, -0.05) is 24.3 Å². The van der Waals surface area contributed by atoms with Crippen LogP contribution in [0.5, 0.6) is 0 Å². The van der Waals surface area contributed by atoms with Crippen molar-refractivity contribution in [3.8, 4) is 0 Å². The maximum atomic E-state index is 12.2. The van der Waals surface area contributed by atoms with Crippen molar-refractivity contribution in [2.24, 2.45) is 0 Å². The predicted molar refractivity (Wildman–Crippen MR) is 55.6 cm³/mol. The molecule has 0 aliphatic rings. The normalized spacial score (nSPS) is 11.6. The van der Waals surface area contributed by atoms with Gasteiger partial charge in [0.05, 0.1) is 12.2 Å². The lowest BCUT2D eigenvalue weighted by Crippen LogP contribution is -2.34. The lowest BCUT2D eigenvalue weighted by atomic mass is 9.79. The molecule has 0 spiro atoms. The summed E-state index contributed by atoms with van der Waals surface area (Å²) in [5, 5.41) is 9.41. The van der Waals surface area contributed by atoms with Crippen LogP contribution in [0.25, 0.3) is 0 Å². The minimum absolute atomic E-state index is 0.0126. The first-order valence-corrected chi connectivity index (χ1v) is 4.98. The van der Waals surface area contributed by atoms with E-state index in [0.29, 0.717) is 0 Å². The second-order valence-electron chi connectivity index (χ2n) is 3.39. The van der Waals surface area contributed by atoms with Gasteiger partial charge >= 0.3 is 13.3 Å². The van der Waals surface area contributed by atoms with Crippen LogP contribution in [-0.4, -0.2) is 25.4 Å². The molecule has 0 saturated heterocycles. The average molecular weight is 250 g/mol. The third-order valence-electron chi connectivity index (χ3n) is 2.08. The summed E-state index contributed by atoms with van der Waals surface area (Å²) in [6, 6.07) is 3.97. The summed E-state index contributed by atoms with van der Waals surface area (Å²) in [4.78, 5) is 0. The molecule has 0 aliphatic heterocycles. The summed E-state index contributed by atoms with van der Waals surface area (Å²) in [5.74, 6) is 0. The van der Waals surface area contributed by atoms with Crippen LogP contribution in [0.2, 0.25) is 0 Å². The zero-order chi connectivity index (χ0) is 12.9. The van der Waals surface area contributed by atoms with Gasteiger partial charge in [-0.2, -0.15) is 13.2 Å². The molecule has 17 heavy (non-hydrogen) atoms. The van der Waals surface area contributed by atoms with E-state index in [1.807, 2.05) is 0 Å². The molecule has 1 aromatic rings. The van der Waals surface area contributed by atoms with Crippen LogP contribution in [0.4, 0.5) is 17.6 Å². The minimum Gasteiger partial charge on any atom is -0.423 e. The van der Waals surface area contributed by atoms with Crippen molar-refractivity contribution in [2.45, 2.75) is 12.6 Å². The molecule has 7 heteroatoms. The van der Waals surface area contributed by atoms with Gasteiger partial charge in [0.15, 0.2) is 0 Å². The van der Waals surface area contributed by atoms with E-state index in [1.165, 1.54) is 0 Å². The van der Waals surface area contributed by atoms with Crippen LogP contribution in [0, 0.1) is 0 Å². The Balaban J connectivity index is 2.61. The van der Waals surface area contributed by atoms with Crippen LogP contribution >= 0.6 is 0 Å². The van der Waals surface area contributed by atoms with Crippen molar-refractivity contribution in [3.63, 3.8) is 0 Å². The first kappa shape index (κ1) is 14.0. The average Bonchev–Trinajstić information content (AvgIpc) is 2.28. The summed E-state index contributed by atoms with van der Waals surface area (Å²) in [6.45, 7) is -0.557. The number of rotatable bonds is 5.